The van der Waals surface area contributed by atoms with E-state index in [4.69, 9.17) is 5.10 Å². The molecule has 1 fully saturated rings. The minimum absolute atomic E-state index is 0.321. The molecule has 3 heterocycles. The van der Waals surface area contributed by atoms with Crippen molar-refractivity contribution in [1.82, 2.24) is 19.7 Å². The lowest BCUT2D eigenvalue weighted by Crippen LogP contribution is -2.45. The van der Waals surface area contributed by atoms with Crippen LogP contribution in [0.4, 0.5) is 16.2 Å². The van der Waals surface area contributed by atoms with Crippen LogP contribution in [0.1, 0.15) is 12.8 Å². The minimum Gasteiger partial charge on any atom is -0.388 e. The second-order valence-corrected chi connectivity index (χ2v) is 8.95. The number of hydrogen-bond donors (Lipinski definition) is 3. The number of amides is 2. The third kappa shape index (κ3) is 4.78. The number of para-hydroxylation sites is 1. The van der Waals surface area contributed by atoms with Gasteiger partial charge < -0.3 is 20.6 Å². The first kappa shape index (κ1) is 22.1. The number of nitrogens with zero attached hydrogens (tertiary/aromatic N) is 4. The maximum atomic E-state index is 12.5. The summed E-state index contributed by atoms with van der Waals surface area (Å²) in [6, 6.07) is 18.6. The Hall–Kier alpha value is -3.75. The van der Waals surface area contributed by atoms with Crippen molar-refractivity contribution in [1.29, 1.82) is 0 Å². The number of nitrogens with one attached hydrogen (secondary N) is 2. The highest BCUT2D eigenvalue weighted by Crippen LogP contribution is 2.32. The van der Waals surface area contributed by atoms with Gasteiger partial charge in [0.1, 0.15) is 5.69 Å². The lowest BCUT2D eigenvalue weighted by Gasteiger charge is -2.36. The first-order chi connectivity index (χ1) is 16.5. The van der Waals surface area contributed by atoms with Crippen molar-refractivity contribution in [2.45, 2.75) is 25.0 Å². The predicted octanol–water partition coefficient (Wildman–Crippen LogP) is 4.20. The molecule has 8 heteroatoms. The van der Waals surface area contributed by atoms with Crippen LogP contribution in [0.3, 0.4) is 0 Å². The van der Waals surface area contributed by atoms with Crippen LogP contribution < -0.4 is 10.6 Å². The number of pyridine rings is 1. The number of likely N-dealkylation sites (tertiary alicyclic amines) is 1. The van der Waals surface area contributed by atoms with Crippen molar-refractivity contribution < 1.29 is 9.90 Å². The zero-order valence-corrected chi connectivity index (χ0v) is 19.1. The van der Waals surface area contributed by atoms with Crippen LogP contribution >= 0.6 is 0 Å². The number of piperidine rings is 1. The summed E-state index contributed by atoms with van der Waals surface area (Å²) in [6.45, 7) is 2.08. The molecule has 0 saturated carbocycles. The fraction of sp³-hybridized carbons (Fsp3) is 0.269. The van der Waals surface area contributed by atoms with E-state index in [-0.39, 0.29) is 6.03 Å². The SMILES string of the molecule is CN1CCC(O)(Cn2nc(-c3cccnc3)c3ccc(NC(=O)Nc4ccccc4)cc32)CC1. The van der Waals surface area contributed by atoms with E-state index in [1.54, 1.807) is 12.4 Å². The molecule has 2 aromatic heterocycles. The summed E-state index contributed by atoms with van der Waals surface area (Å²) in [4.78, 5) is 19.0. The molecule has 4 aromatic rings. The van der Waals surface area contributed by atoms with Crippen LogP contribution in [-0.2, 0) is 6.54 Å². The van der Waals surface area contributed by atoms with E-state index in [1.807, 2.05) is 65.3 Å². The fourth-order valence-corrected chi connectivity index (χ4v) is 4.37. The Kier molecular flexibility index (Phi) is 6.00. The van der Waals surface area contributed by atoms with E-state index in [1.165, 1.54) is 0 Å². The highest BCUT2D eigenvalue weighted by Gasteiger charge is 2.32. The van der Waals surface area contributed by atoms with Crippen LogP contribution in [-0.4, -0.2) is 56.5 Å². The van der Waals surface area contributed by atoms with E-state index in [2.05, 4.69) is 27.6 Å². The molecule has 3 N–H and O–H groups in total. The molecule has 0 radical (unpaired) electrons. The third-order valence-electron chi connectivity index (χ3n) is 6.34. The molecule has 34 heavy (non-hydrogen) atoms. The zero-order valence-electron chi connectivity index (χ0n) is 19.1. The average Bonchev–Trinajstić information content (AvgIpc) is 3.19. The quantitative estimate of drug-likeness (QED) is 0.418. The zero-order chi connectivity index (χ0) is 23.5. The number of aromatic nitrogens is 3. The number of carbonyl (C=O) groups excluding carboxylic acids is 1. The lowest BCUT2D eigenvalue weighted by molar-refractivity contribution is -0.0305. The molecule has 0 aliphatic carbocycles. The number of aliphatic hydroxyl groups is 1. The molecule has 2 amide bonds. The summed E-state index contributed by atoms with van der Waals surface area (Å²) in [7, 11) is 2.07. The Morgan fingerprint density at radius 3 is 2.53 bits per heavy atom. The van der Waals surface area contributed by atoms with Gasteiger partial charge in [-0.25, -0.2) is 4.79 Å². The standard InChI is InChI=1S/C26H28N6O2/c1-31-14-11-26(34,12-15-31)18-32-23-16-21(29-25(33)28-20-7-3-2-4-8-20)9-10-22(23)24(30-32)19-6-5-13-27-17-19/h2-10,13,16-17,34H,11-12,14-15,18H2,1H3,(H2,28,29,33). The van der Waals surface area contributed by atoms with Gasteiger partial charge in [0.05, 0.1) is 17.7 Å². The molecule has 0 atom stereocenters. The Labute approximate surface area is 198 Å². The molecule has 1 aliphatic rings. The van der Waals surface area contributed by atoms with Crippen molar-refractivity contribution in [3.05, 3.63) is 73.1 Å². The average molecular weight is 457 g/mol. The largest absolute Gasteiger partial charge is 0.388 e. The Morgan fingerprint density at radius 1 is 1.03 bits per heavy atom. The van der Waals surface area contributed by atoms with Gasteiger partial charge in [-0.3, -0.25) is 9.67 Å². The smallest absolute Gasteiger partial charge is 0.323 e. The summed E-state index contributed by atoms with van der Waals surface area (Å²) in [5.74, 6) is 0. The van der Waals surface area contributed by atoms with E-state index in [0.717, 1.165) is 40.9 Å². The maximum absolute atomic E-state index is 12.5. The van der Waals surface area contributed by atoms with Crippen LogP contribution in [0.25, 0.3) is 22.2 Å². The number of urea groups is 1. The molecule has 2 aromatic carbocycles. The molecule has 174 valence electrons. The van der Waals surface area contributed by atoms with Crippen LogP contribution in [0.2, 0.25) is 0 Å². The molecule has 1 aliphatic heterocycles. The van der Waals surface area contributed by atoms with Gasteiger partial charge in [0.2, 0.25) is 0 Å². The van der Waals surface area contributed by atoms with Crippen molar-refractivity contribution in [3.8, 4) is 11.3 Å². The topological polar surface area (TPSA) is 95.3 Å². The van der Waals surface area contributed by atoms with Gasteiger partial charge in [-0.2, -0.15) is 5.10 Å². The van der Waals surface area contributed by atoms with Crippen LogP contribution in [0, 0.1) is 0 Å². The number of anilines is 2. The molecule has 1 saturated heterocycles. The maximum Gasteiger partial charge on any atom is 0.323 e. The van der Waals surface area contributed by atoms with E-state index >= 15 is 0 Å². The highest BCUT2D eigenvalue weighted by molar-refractivity contribution is 6.02. The van der Waals surface area contributed by atoms with Gasteiger partial charge in [0.15, 0.2) is 0 Å². The minimum atomic E-state index is -0.828. The van der Waals surface area contributed by atoms with Gasteiger partial charge >= 0.3 is 6.03 Å². The second-order valence-electron chi connectivity index (χ2n) is 8.95. The second kappa shape index (κ2) is 9.24. The molecule has 8 nitrogen and oxygen atoms in total. The first-order valence-corrected chi connectivity index (χ1v) is 11.4. The Morgan fingerprint density at radius 2 is 1.79 bits per heavy atom. The molecular formula is C26H28N6O2. The summed E-state index contributed by atoms with van der Waals surface area (Å²) < 4.78 is 1.86. The van der Waals surface area contributed by atoms with Crippen molar-refractivity contribution in [2.75, 3.05) is 30.8 Å². The Balaban J connectivity index is 1.47. The van der Waals surface area contributed by atoms with E-state index < -0.39 is 5.60 Å². The van der Waals surface area contributed by atoms with E-state index in [9.17, 15) is 9.90 Å². The van der Waals surface area contributed by atoms with Crippen LogP contribution in [0.15, 0.2) is 73.1 Å². The van der Waals surface area contributed by atoms with Gasteiger partial charge in [-0.15, -0.1) is 0 Å². The number of carbonyl (C=O) groups is 1. The number of fused-ring (bicyclic) bond motifs is 1. The third-order valence-corrected chi connectivity index (χ3v) is 6.34. The highest BCUT2D eigenvalue weighted by atomic mass is 16.3. The van der Waals surface area contributed by atoms with Gasteiger partial charge in [0.25, 0.3) is 0 Å². The van der Waals surface area contributed by atoms with Crippen molar-refractivity contribution in [3.63, 3.8) is 0 Å². The van der Waals surface area contributed by atoms with Gasteiger partial charge in [-0.1, -0.05) is 18.2 Å². The molecule has 5 rings (SSSR count). The normalized spacial score (nSPS) is 15.8. The summed E-state index contributed by atoms with van der Waals surface area (Å²) in [5, 5.41) is 22.8. The number of hydrogen-bond acceptors (Lipinski definition) is 5. The predicted molar refractivity (Wildman–Crippen MR) is 134 cm³/mol. The molecule has 0 unspecified atom stereocenters. The van der Waals surface area contributed by atoms with Crippen molar-refractivity contribution >= 4 is 28.3 Å². The molecule has 0 spiro atoms. The lowest BCUT2D eigenvalue weighted by atomic mass is 9.91. The monoisotopic (exact) mass is 456 g/mol. The molecule has 0 bridgehead atoms. The van der Waals surface area contributed by atoms with Gasteiger partial charge in [-0.05, 0) is 62.4 Å². The number of rotatable bonds is 5. The summed E-state index contributed by atoms with van der Waals surface area (Å²) >= 11 is 0. The van der Waals surface area contributed by atoms with E-state index in [0.29, 0.717) is 25.1 Å². The van der Waals surface area contributed by atoms with Crippen molar-refractivity contribution in [2.24, 2.45) is 0 Å². The Bertz CT molecular complexity index is 1280. The van der Waals surface area contributed by atoms with Gasteiger partial charge in [0, 0.05) is 47.8 Å². The first-order valence-electron chi connectivity index (χ1n) is 11.4. The number of benzene rings is 2. The van der Waals surface area contributed by atoms with Crippen LogP contribution in [0.5, 0.6) is 0 Å². The summed E-state index contributed by atoms with van der Waals surface area (Å²) in [5.41, 5.74) is 3.10. The summed E-state index contributed by atoms with van der Waals surface area (Å²) in [6.07, 6.45) is 4.89. The fourth-order valence-electron chi connectivity index (χ4n) is 4.37. The molecular weight excluding hydrogens is 428 g/mol.